The molecule has 34 heavy (non-hydrogen) atoms. The monoisotopic (exact) mass is 473 g/mol. The van der Waals surface area contributed by atoms with Gasteiger partial charge in [-0.05, 0) is 31.2 Å². The van der Waals surface area contributed by atoms with Gasteiger partial charge in [-0.2, -0.15) is 0 Å². The van der Waals surface area contributed by atoms with Gasteiger partial charge in [0, 0.05) is 24.6 Å². The van der Waals surface area contributed by atoms with E-state index in [1.165, 1.54) is 28.3 Å². The third-order valence-corrected chi connectivity index (χ3v) is 6.13. The second kappa shape index (κ2) is 9.30. The van der Waals surface area contributed by atoms with E-state index in [1.807, 2.05) is 18.0 Å². The van der Waals surface area contributed by atoms with Crippen LogP contribution < -0.4 is 23.7 Å². The molecule has 0 radical (unpaired) electrons. The van der Waals surface area contributed by atoms with Gasteiger partial charge < -0.3 is 33.5 Å². The van der Waals surface area contributed by atoms with Gasteiger partial charge in [-0.15, -0.1) is 0 Å². The van der Waals surface area contributed by atoms with Gasteiger partial charge in [-0.1, -0.05) is 6.07 Å². The van der Waals surface area contributed by atoms with E-state index in [1.54, 1.807) is 12.1 Å². The summed E-state index contributed by atoms with van der Waals surface area (Å²) in [6.45, 7) is 1.99. The number of carbonyl (C=O) groups is 2. The molecular weight excluding hydrogens is 446 g/mol. The minimum atomic E-state index is -1.24. The first-order chi connectivity index (χ1) is 16.3. The summed E-state index contributed by atoms with van der Waals surface area (Å²) in [5.41, 5.74) is 1.81. The Hall–Kier alpha value is -3.66. The van der Waals surface area contributed by atoms with E-state index >= 15 is 0 Å². The van der Waals surface area contributed by atoms with Gasteiger partial charge in [-0.25, -0.2) is 4.79 Å². The summed E-state index contributed by atoms with van der Waals surface area (Å²) in [7, 11) is 6.20. The normalized spacial score (nSPS) is 17.5. The molecule has 2 aromatic carbocycles. The third kappa shape index (κ3) is 3.83. The highest BCUT2D eigenvalue weighted by Crippen LogP contribution is 2.53. The maximum absolute atomic E-state index is 12.4. The van der Waals surface area contributed by atoms with Crippen molar-refractivity contribution >= 4 is 11.9 Å². The van der Waals surface area contributed by atoms with Crippen LogP contribution >= 0.6 is 0 Å². The van der Waals surface area contributed by atoms with Gasteiger partial charge >= 0.3 is 11.9 Å². The Bertz CT molecular complexity index is 1130. The first kappa shape index (κ1) is 23.5. The molecule has 2 atom stereocenters. The highest BCUT2D eigenvalue weighted by Gasteiger charge is 2.42. The predicted octanol–water partition coefficient (Wildman–Crippen LogP) is 2.97. The number of aromatic carboxylic acids is 1. The highest BCUT2D eigenvalue weighted by atomic mass is 16.7. The number of fused-ring (bicyclic) bond motifs is 2. The topological polar surface area (TPSA) is 113 Å². The number of rotatable bonds is 7. The van der Waals surface area contributed by atoms with Crippen LogP contribution in [0.3, 0.4) is 0 Å². The van der Waals surface area contributed by atoms with E-state index in [-0.39, 0.29) is 29.4 Å². The minimum absolute atomic E-state index is 0.0426. The number of hydrogen-bond acceptors (Lipinski definition) is 9. The second-order valence-corrected chi connectivity index (χ2v) is 7.99. The lowest BCUT2D eigenvalue weighted by atomic mass is 9.84. The average molecular weight is 473 g/mol. The second-order valence-electron chi connectivity index (χ2n) is 7.99. The molecule has 10 heteroatoms. The molecule has 2 aromatic rings. The molecule has 0 aromatic heterocycles. The van der Waals surface area contributed by atoms with Crippen LogP contribution in [0.2, 0.25) is 0 Å². The zero-order valence-corrected chi connectivity index (χ0v) is 19.7. The molecule has 0 bridgehead atoms. The quantitative estimate of drug-likeness (QED) is 0.602. The molecule has 0 amide bonds. The molecule has 0 spiro atoms. The Morgan fingerprint density at radius 3 is 2.47 bits per heavy atom. The largest absolute Gasteiger partial charge is 0.493 e. The summed E-state index contributed by atoms with van der Waals surface area (Å²) in [5.74, 6) is 0.0189. The maximum atomic E-state index is 12.4. The fourth-order valence-corrected chi connectivity index (χ4v) is 4.73. The van der Waals surface area contributed by atoms with Crippen LogP contribution in [0.4, 0.5) is 0 Å². The zero-order valence-electron chi connectivity index (χ0n) is 19.7. The number of carbonyl (C=O) groups excluding carboxylic acids is 1. The van der Waals surface area contributed by atoms with E-state index in [2.05, 4.69) is 0 Å². The zero-order chi connectivity index (χ0) is 24.6. The van der Waals surface area contributed by atoms with Gasteiger partial charge in [0.25, 0.3) is 0 Å². The van der Waals surface area contributed by atoms with Gasteiger partial charge in [0.1, 0.15) is 11.7 Å². The van der Waals surface area contributed by atoms with E-state index in [9.17, 15) is 14.7 Å². The van der Waals surface area contributed by atoms with Gasteiger partial charge in [0.2, 0.25) is 12.5 Å². The van der Waals surface area contributed by atoms with Crippen molar-refractivity contribution in [3.8, 4) is 28.7 Å². The minimum Gasteiger partial charge on any atom is -0.493 e. The summed E-state index contributed by atoms with van der Waals surface area (Å²) in [4.78, 5) is 26.7. The number of benzene rings is 2. The van der Waals surface area contributed by atoms with E-state index in [0.717, 1.165) is 11.1 Å². The lowest BCUT2D eigenvalue weighted by molar-refractivity contribution is -0.150. The SMILES string of the molecule is COc1ccc(C(OC(C)=O)C2c3c(cc4c(c3OC)OCO4)CCN2C)c(C(=O)O)c1OC. The molecule has 2 aliphatic rings. The van der Waals surface area contributed by atoms with E-state index < -0.39 is 24.1 Å². The summed E-state index contributed by atoms with van der Waals surface area (Å²) in [6, 6.07) is 4.50. The Morgan fingerprint density at radius 1 is 1.12 bits per heavy atom. The van der Waals surface area contributed by atoms with Crippen LogP contribution in [0, 0.1) is 0 Å². The average Bonchev–Trinajstić information content (AvgIpc) is 3.28. The molecule has 0 aliphatic carbocycles. The molecule has 4 rings (SSSR count). The molecule has 2 aliphatic heterocycles. The fraction of sp³-hybridized carbons (Fsp3) is 0.417. The number of carboxylic acid groups (broad SMARTS) is 1. The number of esters is 1. The molecule has 2 heterocycles. The third-order valence-electron chi connectivity index (χ3n) is 6.13. The Morgan fingerprint density at radius 2 is 1.85 bits per heavy atom. The Kier molecular flexibility index (Phi) is 6.43. The smallest absolute Gasteiger partial charge is 0.340 e. The number of ether oxygens (including phenoxy) is 6. The molecule has 10 nitrogen and oxygen atoms in total. The van der Waals surface area contributed by atoms with Crippen LogP contribution in [0.15, 0.2) is 18.2 Å². The number of nitrogens with zero attached hydrogens (tertiary/aromatic N) is 1. The van der Waals surface area contributed by atoms with Gasteiger partial charge in [-0.3, -0.25) is 9.69 Å². The number of hydrogen-bond donors (Lipinski definition) is 1. The van der Waals surface area contributed by atoms with Crippen LogP contribution in [0.1, 0.15) is 46.1 Å². The van der Waals surface area contributed by atoms with Crippen LogP contribution in [-0.2, 0) is 16.0 Å². The predicted molar refractivity (Wildman–Crippen MR) is 119 cm³/mol. The lowest BCUT2D eigenvalue weighted by Gasteiger charge is -2.40. The summed E-state index contributed by atoms with van der Waals surface area (Å²) >= 11 is 0. The Labute approximate surface area is 196 Å². The molecule has 0 fully saturated rings. The molecule has 2 unspecified atom stereocenters. The maximum Gasteiger partial charge on any atom is 0.340 e. The summed E-state index contributed by atoms with van der Waals surface area (Å²) in [6.07, 6.45) is -0.304. The van der Waals surface area contributed by atoms with Crippen molar-refractivity contribution in [2.75, 3.05) is 41.7 Å². The van der Waals surface area contributed by atoms with Gasteiger partial charge in [0.15, 0.2) is 23.0 Å². The van der Waals surface area contributed by atoms with Crippen molar-refractivity contribution in [2.24, 2.45) is 0 Å². The van der Waals surface area contributed by atoms with Crippen molar-refractivity contribution < 1.29 is 43.1 Å². The summed E-state index contributed by atoms with van der Waals surface area (Å²) in [5, 5.41) is 10.1. The molecule has 1 N–H and O–H groups in total. The van der Waals surface area contributed by atoms with Crippen molar-refractivity contribution in [1.29, 1.82) is 0 Å². The first-order valence-electron chi connectivity index (χ1n) is 10.7. The Balaban J connectivity index is 1.98. The number of likely N-dealkylation sites (N-methyl/N-ethyl adjacent to an activating group) is 1. The lowest BCUT2D eigenvalue weighted by Crippen LogP contribution is -2.38. The van der Waals surface area contributed by atoms with Crippen LogP contribution in [0.5, 0.6) is 28.7 Å². The van der Waals surface area contributed by atoms with Crippen LogP contribution in [-0.4, -0.2) is 63.7 Å². The van der Waals surface area contributed by atoms with Crippen LogP contribution in [0.25, 0.3) is 0 Å². The van der Waals surface area contributed by atoms with E-state index in [4.69, 9.17) is 28.4 Å². The molecular formula is C24H27NO9. The first-order valence-corrected chi connectivity index (χ1v) is 10.7. The van der Waals surface area contributed by atoms with Crippen molar-refractivity contribution in [3.63, 3.8) is 0 Å². The number of methoxy groups -OCH3 is 3. The molecule has 182 valence electrons. The highest BCUT2D eigenvalue weighted by molar-refractivity contribution is 5.94. The standard InChI is InChI=1S/C24H27NO9/c1-12(26)34-20(14-6-7-15(29-3)21(30-4)18(14)24(27)28)19-17-13(8-9-25(19)2)10-16-22(23(17)31-5)33-11-32-16/h6-7,10,19-20H,8-9,11H2,1-5H3,(H,27,28). The van der Waals surface area contributed by atoms with Crippen molar-refractivity contribution in [2.45, 2.75) is 25.5 Å². The van der Waals surface area contributed by atoms with Crippen molar-refractivity contribution in [3.05, 3.63) is 40.5 Å². The van der Waals surface area contributed by atoms with Gasteiger partial charge in [0.05, 0.1) is 27.4 Å². The summed E-state index contributed by atoms with van der Waals surface area (Å²) < 4.78 is 33.5. The van der Waals surface area contributed by atoms with Crippen molar-refractivity contribution in [1.82, 2.24) is 4.90 Å². The molecule has 0 saturated heterocycles. The molecule has 0 saturated carbocycles. The number of carboxylic acids is 1. The fourth-order valence-electron chi connectivity index (χ4n) is 4.73. The van der Waals surface area contributed by atoms with E-state index in [0.29, 0.717) is 30.2 Å².